The molecule has 1 aliphatic rings. The number of para-hydroxylation sites is 1. The minimum absolute atomic E-state index is 0.154. The lowest BCUT2D eigenvalue weighted by Gasteiger charge is -2.34. The molecule has 7 heteroatoms. The third-order valence-electron chi connectivity index (χ3n) is 3.99. The highest BCUT2D eigenvalue weighted by molar-refractivity contribution is 7.99. The highest BCUT2D eigenvalue weighted by Crippen LogP contribution is 2.24. The number of urea groups is 1. The van der Waals surface area contributed by atoms with E-state index in [2.05, 4.69) is 10.3 Å². The van der Waals surface area contributed by atoms with Gasteiger partial charge >= 0.3 is 12.0 Å². The molecule has 0 aliphatic carbocycles. The van der Waals surface area contributed by atoms with Gasteiger partial charge in [0.05, 0.1) is 30.8 Å². The zero-order valence-corrected chi connectivity index (χ0v) is 14.2. The number of benzene rings is 1. The highest BCUT2D eigenvalue weighted by atomic mass is 32.2. The predicted octanol–water partition coefficient (Wildman–Crippen LogP) is 2.75. The summed E-state index contributed by atoms with van der Waals surface area (Å²) in [6.07, 6.45) is 1.92. The molecule has 1 saturated heterocycles. The van der Waals surface area contributed by atoms with Gasteiger partial charge in [0, 0.05) is 29.6 Å². The predicted molar refractivity (Wildman–Crippen MR) is 95.2 cm³/mol. The van der Waals surface area contributed by atoms with Crippen molar-refractivity contribution in [2.24, 2.45) is 0 Å². The number of amides is 2. The molecule has 0 spiro atoms. The number of ether oxygens (including phenoxy) is 1. The SMILES string of the molecule is COC(=O)C[C@H]1CSCCN1C(=O)Nc1cccc2cccnc12. The molecule has 0 unspecified atom stereocenters. The smallest absolute Gasteiger partial charge is 0.322 e. The number of carbonyl (C=O) groups is 2. The Kier molecular flexibility index (Phi) is 5.20. The minimum Gasteiger partial charge on any atom is -0.469 e. The number of hydrogen-bond donors (Lipinski definition) is 1. The number of esters is 1. The third-order valence-corrected chi connectivity index (χ3v) is 5.08. The Morgan fingerprint density at radius 1 is 1.38 bits per heavy atom. The van der Waals surface area contributed by atoms with Crippen LogP contribution in [0.15, 0.2) is 36.5 Å². The van der Waals surface area contributed by atoms with Gasteiger partial charge < -0.3 is 15.0 Å². The number of anilines is 1. The molecule has 1 N–H and O–H groups in total. The Bertz CT molecular complexity index is 747. The number of carbonyl (C=O) groups excluding carboxylic acids is 2. The number of fused-ring (bicyclic) bond motifs is 1. The lowest BCUT2D eigenvalue weighted by atomic mass is 10.2. The summed E-state index contributed by atoms with van der Waals surface area (Å²) in [5.74, 6) is 1.29. The molecule has 6 nitrogen and oxygen atoms in total. The largest absolute Gasteiger partial charge is 0.469 e. The molecule has 3 rings (SSSR count). The van der Waals surface area contributed by atoms with Gasteiger partial charge in [-0.25, -0.2) is 4.79 Å². The van der Waals surface area contributed by atoms with Crippen molar-refractivity contribution in [1.29, 1.82) is 0 Å². The number of nitrogens with one attached hydrogen (secondary N) is 1. The van der Waals surface area contributed by atoms with E-state index in [1.54, 1.807) is 22.9 Å². The molecule has 1 fully saturated rings. The highest BCUT2D eigenvalue weighted by Gasteiger charge is 2.29. The summed E-state index contributed by atoms with van der Waals surface area (Å²) < 4.78 is 4.74. The maximum absolute atomic E-state index is 12.7. The molecule has 1 atom stereocenters. The molecule has 1 aromatic heterocycles. The van der Waals surface area contributed by atoms with Crippen LogP contribution in [-0.2, 0) is 9.53 Å². The monoisotopic (exact) mass is 345 g/mol. The van der Waals surface area contributed by atoms with Crippen LogP contribution in [0.25, 0.3) is 10.9 Å². The number of rotatable bonds is 3. The minimum atomic E-state index is -0.299. The second-order valence-electron chi connectivity index (χ2n) is 5.51. The van der Waals surface area contributed by atoms with E-state index in [1.165, 1.54) is 7.11 Å². The number of pyridine rings is 1. The molecule has 0 saturated carbocycles. The van der Waals surface area contributed by atoms with Crippen LogP contribution >= 0.6 is 11.8 Å². The lowest BCUT2D eigenvalue weighted by Crippen LogP contribution is -2.49. The standard InChI is InChI=1S/C17H19N3O3S/c1-23-15(21)10-13-11-24-9-8-20(13)17(22)19-14-6-2-4-12-5-3-7-18-16(12)14/h2-7,13H,8-11H2,1H3,(H,19,22)/t13-/m0/s1. The van der Waals surface area contributed by atoms with Gasteiger partial charge in [0.15, 0.2) is 0 Å². The molecule has 0 radical (unpaired) electrons. The fraction of sp³-hybridized carbons (Fsp3) is 0.353. The summed E-state index contributed by atoms with van der Waals surface area (Å²) in [7, 11) is 1.37. The lowest BCUT2D eigenvalue weighted by molar-refractivity contribution is -0.141. The normalized spacial score (nSPS) is 17.5. The number of thioether (sulfide) groups is 1. The number of nitrogens with zero attached hydrogens (tertiary/aromatic N) is 2. The Morgan fingerprint density at radius 3 is 3.04 bits per heavy atom. The van der Waals surface area contributed by atoms with Crippen molar-refractivity contribution in [1.82, 2.24) is 9.88 Å². The van der Waals surface area contributed by atoms with Crippen molar-refractivity contribution in [2.45, 2.75) is 12.5 Å². The van der Waals surface area contributed by atoms with Gasteiger partial charge in [-0.2, -0.15) is 11.8 Å². The van der Waals surface area contributed by atoms with Crippen molar-refractivity contribution in [3.8, 4) is 0 Å². The van der Waals surface area contributed by atoms with E-state index in [0.29, 0.717) is 12.2 Å². The average Bonchev–Trinajstić information content (AvgIpc) is 2.62. The van der Waals surface area contributed by atoms with Gasteiger partial charge in [-0.15, -0.1) is 0 Å². The van der Waals surface area contributed by atoms with Crippen molar-refractivity contribution < 1.29 is 14.3 Å². The molecule has 2 amide bonds. The van der Waals surface area contributed by atoms with Gasteiger partial charge in [0.2, 0.25) is 0 Å². The second-order valence-corrected chi connectivity index (χ2v) is 6.66. The van der Waals surface area contributed by atoms with E-state index in [4.69, 9.17) is 4.74 Å². The molecule has 126 valence electrons. The van der Waals surface area contributed by atoms with E-state index in [-0.39, 0.29) is 24.5 Å². The van der Waals surface area contributed by atoms with Gasteiger partial charge in [-0.1, -0.05) is 18.2 Å². The molecule has 24 heavy (non-hydrogen) atoms. The van der Waals surface area contributed by atoms with E-state index >= 15 is 0 Å². The number of hydrogen-bond acceptors (Lipinski definition) is 5. The fourth-order valence-electron chi connectivity index (χ4n) is 2.76. The summed E-state index contributed by atoms with van der Waals surface area (Å²) in [4.78, 5) is 30.4. The molecule has 1 aromatic carbocycles. The first-order valence-electron chi connectivity index (χ1n) is 7.75. The van der Waals surface area contributed by atoms with Crippen LogP contribution in [0.4, 0.5) is 10.5 Å². The Labute approximate surface area is 144 Å². The van der Waals surface area contributed by atoms with Crippen molar-refractivity contribution in [3.05, 3.63) is 36.5 Å². The first-order valence-corrected chi connectivity index (χ1v) is 8.90. The molecular weight excluding hydrogens is 326 g/mol. The maximum atomic E-state index is 12.7. The van der Waals surface area contributed by atoms with E-state index in [9.17, 15) is 9.59 Å². The Morgan fingerprint density at radius 2 is 2.21 bits per heavy atom. The molecule has 1 aliphatic heterocycles. The van der Waals surface area contributed by atoms with Crippen LogP contribution in [-0.4, -0.2) is 53.1 Å². The van der Waals surface area contributed by atoms with Crippen LogP contribution in [0.1, 0.15) is 6.42 Å². The maximum Gasteiger partial charge on any atom is 0.322 e. The van der Waals surface area contributed by atoms with Gasteiger partial charge in [-0.05, 0) is 12.1 Å². The van der Waals surface area contributed by atoms with Crippen molar-refractivity contribution in [3.63, 3.8) is 0 Å². The molecular formula is C17H19N3O3S. The van der Waals surface area contributed by atoms with Crippen LogP contribution in [0.3, 0.4) is 0 Å². The van der Waals surface area contributed by atoms with Crippen LogP contribution < -0.4 is 5.32 Å². The van der Waals surface area contributed by atoms with Crippen molar-refractivity contribution >= 4 is 40.4 Å². The van der Waals surface area contributed by atoms with Gasteiger partial charge in [0.25, 0.3) is 0 Å². The fourth-order valence-corrected chi connectivity index (χ4v) is 3.82. The summed E-state index contributed by atoms with van der Waals surface area (Å²) in [5.41, 5.74) is 1.43. The number of aromatic nitrogens is 1. The first kappa shape index (κ1) is 16.6. The summed E-state index contributed by atoms with van der Waals surface area (Å²) in [6.45, 7) is 0.607. The van der Waals surface area contributed by atoms with Crippen LogP contribution in [0, 0.1) is 0 Å². The third kappa shape index (κ3) is 3.62. The topological polar surface area (TPSA) is 71.5 Å². The van der Waals surface area contributed by atoms with E-state index < -0.39 is 0 Å². The summed E-state index contributed by atoms with van der Waals surface area (Å²) in [5, 5.41) is 3.91. The van der Waals surface area contributed by atoms with Gasteiger partial charge in [-0.3, -0.25) is 9.78 Å². The zero-order valence-electron chi connectivity index (χ0n) is 13.4. The zero-order chi connectivity index (χ0) is 16.9. The Hall–Kier alpha value is -2.28. The molecule has 2 aromatic rings. The quantitative estimate of drug-likeness (QED) is 0.866. The van der Waals surface area contributed by atoms with Crippen molar-refractivity contribution in [2.75, 3.05) is 30.5 Å². The first-order chi connectivity index (χ1) is 11.7. The average molecular weight is 345 g/mol. The second kappa shape index (κ2) is 7.53. The summed E-state index contributed by atoms with van der Waals surface area (Å²) >= 11 is 1.74. The van der Waals surface area contributed by atoms with Gasteiger partial charge in [0.1, 0.15) is 0 Å². The number of methoxy groups -OCH3 is 1. The van der Waals surface area contributed by atoms with Crippen LogP contribution in [0.2, 0.25) is 0 Å². The molecule has 0 bridgehead atoms. The Balaban J connectivity index is 1.78. The van der Waals surface area contributed by atoms with E-state index in [1.807, 2.05) is 30.3 Å². The van der Waals surface area contributed by atoms with Crippen LogP contribution in [0.5, 0.6) is 0 Å². The molecule has 2 heterocycles. The van der Waals surface area contributed by atoms with E-state index in [0.717, 1.165) is 22.4 Å². The summed E-state index contributed by atoms with van der Waals surface area (Å²) in [6, 6.07) is 9.13.